The van der Waals surface area contributed by atoms with Gasteiger partial charge in [0, 0.05) is 5.39 Å². The van der Waals surface area contributed by atoms with Crippen molar-refractivity contribution in [3.05, 3.63) is 52.4 Å². The molecule has 100 valence electrons. The minimum absolute atomic E-state index is 0.251. The molecule has 0 saturated heterocycles. The molecule has 0 spiro atoms. The van der Waals surface area contributed by atoms with Crippen LogP contribution in [0.5, 0.6) is 5.75 Å². The van der Waals surface area contributed by atoms with E-state index in [0.29, 0.717) is 11.1 Å². The average molecular weight is 270 g/mol. The van der Waals surface area contributed by atoms with E-state index in [-0.39, 0.29) is 5.58 Å². The Hall–Kier alpha value is -2.82. The largest absolute Gasteiger partial charge is 0.493 e. The molecule has 5 heteroatoms. The lowest BCUT2D eigenvalue weighted by Crippen LogP contribution is -2.13. The zero-order valence-corrected chi connectivity index (χ0v) is 10.5. The normalized spacial score (nSPS) is 10.8. The van der Waals surface area contributed by atoms with Crippen molar-refractivity contribution in [2.24, 2.45) is 0 Å². The predicted molar refractivity (Wildman–Crippen MR) is 73.5 cm³/mol. The molecule has 0 aliphatic heterocycles. The number of hydrogen-bond acceptors (Lipinski definition) is 4. The van der Waals surface area contributed by atoms with Gasteiger partial charge in [-0.25, -0.2) is 9.59 Å². The standard InChI is InChI=1S/C15H10O5/c1-19-12-6-8-4-2-3-5-9(8)10-7-11(14(16)17)15(18)20-13(10)12/h2-7H,1H3,(H,16,17). The molecule has 0 bridgehead atoms. The average Bonchev–Trinajstić information content (AvgIpc) is 2.45. The lowest BCUT2D eigenvalue weighted by Gasteiger charge is -2.08. The van der Waals surface area contributed by atoms with Gasteiger partial charge in [-0.1, -0.05) is 24.3 Å². The summed E-state index contributed by atoms with van der Waals surface area (Å²) < 4.78 is 10.3. The van der Waals surface area contributed by atoms with Crippen molar-refractivity contribution in [3.8, 4) is 5.75 Å². The number of carbonyl (C=O) groups is 1. The maximum Gasteiger partial charge on any atom is 0.351 e. The topological polar surface area (TPSA) is 76.7 Å². The summed E-state index contributed by atoms with van der Waals surface area (Å²) in [6.07, 6.45) is 0. The first-order valence-electron chi connectivity index (χ1n) is 5.88. The third kappa shape index (κ3) is 1.72. The fraction of sp³-hybridized carbons (Fsp3) is 0.0667. The summed E-state index contributed by atoms with van der Waals surface area (Å²) in [6.45, 7) is 0. The first-order valence-corrected chi connectivity index (χ1v) is 5.88. The molecule has 3 aromatic rings. The molecule has 0 fully saturated rings. The maximum atomic E-state index is 11.7. The highest BCUT2D eigenvalue weighted by Gasteiger charge is 2.16. The van der Waals surface area contributed by atoms with E-state index in [4.69, 9.17) is 14.3 Å². The first-order chi connectivity index (χ1) is 9.61. The monoisotopic (exact) mass is 270 g/mol. The third-order valence-corrected chi connectivity index (χ3v) is 3.16. The van der Waals surface area contributed by atoms with Crippen molar-refractivity contribution >= 4 is 27.7 Å². The quantitative estimate of drug-likeness (QED) is 0.572. The van der Waals surface area contributed by atoms with Crippen molar-refractivity contribution < 1.29 is 19.1 Å². The van der Waals surface area contributed by atoms with Gasteiger partial charge >= 0.3 is 11.6 Å². The highest BCUT2D eigenvalue weighted by molar-refractivity contribution is 6.09. The fourth-order valence-corrected chi connectivity index (χ4v) is 2.23. The Labute approximate surface area is 113 Å². The fourth-order valence-electron chi connectivity index (χ4n) is 2.23. The zero-order chi connectivity index (χ0) is 14.3. The van der Waals surface area contributed by atoms with Gasteiger partial charge in [0.15, 0.2) is 11.3 Å². The van der Waals surface area contributed by atoms with Gasteiger partial charge < -0.3 is 14.3 Å². The summed E-state index contributed by atoms with van der Waals surface area (Å²) in [5.74, 6) is -0.916. The zero-order valence-electron chi connectivity index (χ0n) is 10.5. The van der Waals surface area contributed by atoms with Gasteiger partial charge in [0.2, 0.25) is 0 Å². The second-order valence-electron chi connectivity index (χ2n) is 4.30. The Kier molecular flexibility index (Phi) is 2.68. The van der Waals surface area contributed by atoms with Crippen LogP contribution in [0.2, 0.25) is 0 Å². The predicted octanol–water partition coefficient (Wildman–Crippen LogP) is 2.65. The van der Waals surface area contributed by atoms with E-state index in [1.165, 1.54) is 13.2 Å². The van der Waals surface area contributed by atoms with Crippen LogP contribution in [0.1, 0.15) is 10.4 Å². The molecular formula is C15H10O5. The molecule has 0 aliphatic carbocycles. The molecule has 0 radical (unpaired) electrons. The number of methoxy groups -OCH3 is 1. The van der Waals surface area contributed by atoms with Crippen molar-refractivity contribution in [1.29, 1.82) is 0 Å². The number of aromatic carboxylic acids is 1. The van der Waals surface area contributed by atoms with Crippen LogP contribution < -0.4 is 10.4 Å². The highest BCUT2D eigenvalue weighted by Crippen LogP contribution is 2.32. The minimum atomic E-state index is -1.31. The van der Waals surface area contributed by atoms with E-state index < -0.39 is 17.2 Å². The number of hydrogen-bond donors (Lipinski definition) is 1. The van der Waals surface area contributed by atoms with E-state index in [9.17, 15) is 9.59 Å². The Morgan fingerprint density at radius 3 is 2.65 bits per heavy atom. The molecule has 0 unspecified atom stereocenters. The van der Waals surface area contributed by atoms with Crippen LogP contribution in [0.3, 0.4) is 0 Å². The van der Waals surface area contributed by atoms with Gasteiger partial charge in [0.1, 0.15) is 5.56 Å². The number of ether oxygens (including phenoxy) is 1. The lowest BCUT2D eigenvalue weighted by atomic mass is 10.0. The molecule has 0 saturated carbocycles. The molecule has 0 amide bonds. The van der Waals surface area contributed by atoms with Crippen LogP contribution in [0.25, 0.3) is 21.7 Å². The summed E-state index contributed by atoms with van der Waals surface area (Å²) in [6, 6.07) is 10.5. The molecule has 5 nitrogen and oxygen atoms in total. The van der Waals surface area contributed by atoms with Gasteiger partial charge in [0.05, 0.1) is 7.11 Å². The van der Waals surface area contributed by atoms with E-state index in [1.54, 1.807) is 6.07 Å². The van der Waals surface area contributed by atoms with Crippen molar-refractivity contribution in [2.75, 3.05) is 7.11 Å². The van der Waals surface area contributed by atoms with E-state index in [1.807, 2.05) is 24.3 Å². The lowest BCUT2D eigenvalue weighted by molar-refractivity contribution is 0.0692. The summed E-state index contributed by atoms with van der Waals surface area (Å²) in [7, 11) is 1.47. The number of rotatable bonds is 2. The highest BCUT2D eigenvalue weighted by atomic mass is 16.5. The second kappa shape index (κ2) is 4.38. The van der Waals surface area contributed by atoms with Crippen LogP contribution in [0, 0.1) is 0 Å². The van der Waals surface area contributed by atoms with E-state index in [0.717, 1.165) is 10.8 Å². The van der Waals surface area contributed by atoms with Crippen molar-refractivity contribution in [1.82, 2.24) is 0 Å². The van der Waals surface area contributed by atoms with Crippen LogP contribution in [0.15, 0.2) is 45.6 Å². The summed E-state index contributed by atoms with van der Waals surface area (Å²) in [5.41, 5.74) is -1.03. The molecule has 20 heavy (non-hydrogen) atoms. The summed E-state index contributed by atoms with van der Waals surface area (Å²) in [5, 5.41) is 11.2. The third-order valence-electron chi connectivity index (χ3n) is 3.16. The van der Waals surface area contributed by atoms with Crippen LogP contribution in [-0.4, -0.2) is 18.2 Å². The minimum Gasteiger partial charge on any atom is -0.493 e. The molecule has 1 N–H and O–H groups in total. The van der Waals surface area contributed by atoms with E-state index in [2.05, 4.69) is 0 Å². The first kappa shape index (κ1) is 12.2. The number of carboxylic acid groups (broad SMARTS) is 1. The van der Waals surface area contributed by atoms with Gasteiger partial charge in [0.25, 0.3) is 0 Å². The summed E-state index contributed by atoms with van der Waals surface area (Å²) in [4.78, 5) is 22.7. The van der Waals surface area contributed by atoms with Crippen molar-refractivity contribution in [3.63, 3.8) is 0 Å². The smallest absolute Gasteiger partial charge is 0.351 e. The van der Waals surface area contributed by atoms with Gasteiger partial charge in [-0.3, -0.25) is 0 Å². The molecule has 3 rings (SSSR count). The number of carboxylic acids is 1. The Balaban J connectivity index is 2.56. The molecule has 2 aromatic carbocycles. The molecular weight excluding hydrogens is 260 g/mol. The van der Waals surface area contributed by atoms with Crippen LogP contribution in [-0.2, 0) is 0 Å². The van der Waals surface area contributed by atoms with E-state index >= 15 is 0 Å². The molecule has 1 heterocycles. The van der Waals surface area contributed by atoms with Gasteiger partial charge in [-0.15, -0.1) is 0 Å². The molecule has 0 aliphatic rings. The maximum absolute atomic E-state index is 11.7. The van der Waals surface area contributed by atoms with Crippen LogP contribution in [0.4, 0.5) is 0 Å². The van der Waals surface area contributed by atoms with Gasteiger partial charge in [-0.2, -0.15) is 0 Å². The molecule has 0 atom stereocenters. The number of benzene rings is 2. The second-order valence-corrected chi connectivity index (χ2v) is 4.30. The number of fused-ring (bicyclic) bond motifs is 3. The Morgan fingerprint density at radius 1 is 1.20 bits per heavy atom. The Bertz CT molecular complexity index is 892. The Morgan fingerprint density at radius 2 is 1.95 bits per heavy atom. The van der Waals surface area contributed by atoms with Crippen LogP contribution >= 0.6 is 0 Å². The molecule has 1 aromatic heterocycles. The summed E-state index contributed by atoms with van der Waals surface area (Å²) >= 11 is 0. The van der Waals surface area contributed by atoms with Gasteiger partial charge in [-0.05, 0) is 22.9 Å². The van der Waals surface area contributed by atoms with Crippen molar-refractivity contribution in [2.45, 2.75) is 0 Å². The SMILES string of the molecule is COc1cc2ccccc2c2cc(C(=O)O)c(=O)oc12.